The molecule has 84 valence electrons. The Morgan fingerprint density at radius 2 is 1.93 bits per heavy atom. The SMILES string of the molecule is N#CCCN(CC1CCNCC1)C1CC1. The molecule has 0 unspecified atom stereocenters. The van der Waals surface area contributed by atoms with Crippen LogP contribution in [0.25, 0.3) is 0 Å². The fourth-order valence-corrected chi connectivity index (χ4v) is 2.45. The quantitative estimate of drug-likeness (QED) is 0.740. The number of nitriles is 1. The summed E-state index contributed by atoms with van der Waals surface area (Å²) in [7, 11) is 0. The molecule has 1 aliphatic carbocycles. The van der Waals surface area contributed by atoms with Gasteiger partial charge in [-0.25, -0.2) is 0 Å². The number of piperidine rings is 1. The lowest BCUT2D eigenvalue weighted by atomic mass is 9.97. The molecule has 0 bridgehead atoms. The summed E-state index contributed by atoms with van der Waals surface area (Å²) in [6.45, 7) is 4.59. The fraction of sp³-hybridized carbons (Fsp3) is 0.917. The Balaban J connectivity index is 1.74. The fourth-order valence-electron chi connectivity index (χ4n) is 2.45. The Labute approximate surface area is 92.4 Å². The van der Waals surface area contributed by atoms with Gasteiger partial charge in [0.2, 0.25) is 0 Å². The first kappa shape index (κ1) is 10.9. The molecule has 1 saturated carbocycles. The summed E-state index contributed by atoms with van der Waals surface area (Å²) in [5.41, 5.74) is 0. The zero-order valence-corrected chi connectivity index (χ0v) is 9.41. The smallest absolute Gasteiger partial charge is 0.0635 e. The van der Waals surface area contributed by atoms with E-state index in [9.17, 15) is 0 Å². The van der Waals surface area contributed by atoms with Crippen LogP contribution in [0.1, 0.15) is 32.1 Å². The van der Waals surface area contributed by atoms with Crippen molar-refractivity contribution < 1.29 is 0 Å². The summed E-state index contributed by atoms with van der Waals surface area (Å²) in [6.07, 6.45) is 6.04. The van der Waals surface area contributed by atoms with Crippen LogP contribution in [0.15, 0.2) is 0 Å². The van der Waals surface area contributed by atoms with Gasteiger partial charge in [0.25, 0.3) is 0 Å². The van der Waals surface area contributed by atoms with Crippen molar-refractivity contribution in [3.05, 3.63) is 0 Å². The molecule has 0 aromatic heterocycles. The molecule has 0 radical (unpaired) electrons. The van der Waals surface area contributed by atoms with Gasteiger partial charge in [-0.05, 0) is 44.7 Å². The van der Waals surface area contributed by atoms with Crippen molar-refractivity contribution in [2.24, 2.45) is 5.92 Å². The summed E-state index contributed by atoms with van der Waals surface area (Å²) in [5.74, 6) is 0.866. The Kier molecular flexibility index (Phi) is 3.99. The molecule has 2 fully saturated rings. The molecule has 15 heavy (non-hydrogen) atoms. The van der Waals surface area contributed by atoms with Crippen molar-refractivity contribution in [3.8, 4) is 6.07 Å². The van der Waals surface area contributed by atoms with E-state index in [0.717, 1.165) is 18.5 Å². The average Bonchev–Trinajstić information content (AvgIpc) is 3.09. The van der Waals surface area contributed by atoms with E-state index in [1.807, 2.05) is 0 Å². The molecule has 0 aromatic rings. The minimum absolute atomic E-state index is 0.696. The summed E-state index contributed by atoms with van der Waals surface area (Å²) < 4.78 is 0. The maximum Gasteiger partial charge on any atom is 0.0635 e. The van der Waals surface area contributed by atoms with E-state index >= 15 is 0 Å². The zero-order chi connectivity index (χ0) is 10.5. The standard InChI is InChI=1S/C12H21N3/c13-6-1-9-15(12-2-3-12)10-11-4-7-14-8-5-11/h11-12,14H,1-5,7-10H2. The normalized spacial score (nSPS) is 22.9. The molecule has 2 aliphatic rings. The van der Waals surface area contributed by atoms with Gasteiger partial charge in [0.1, 0.15) is 0 Å². The third kappa shape index (κ3) is 3.48. The van der Waals surface area contributed by atoms with Gasteiger partial charge in [0, 0.05) is 25.6 Å². The maximum atomic E-state index is 8.64. The molecule has 3 nitrogen and oxygen atoms in total. The largest absolute Gasteiger partial charge is 0.317 e. The molecule has 3 heteroatoms. The maximum absolute atomic E-state index is 8.64. The number of hydrogen-bond donors (Lipinski definition) is 1. The lowest BCUT2D eigenvalue weighted by Gasteiger charge is -2.29. The lowest BCUT2D eigenvalue weighted by molar-refractivity contribution is 0.201. The van der Waals surface area contributed by atoms with Crippen molar-refractivity contribution in [1.29, 1.82) is 5.26 Å². The van der Waals surface area contributed by atoms with Gasteiger partial charge in [-0.1, -0.05) is 0 Å². The van der Waals surface area contributed by atoms with Crippen molar-refractivity contribution in [2.75, 3.05) is 26.2 Å². The Hall–Kier alpha value is -0.590. The minimum Gasteiger partial charge on any atom is -0.317 e. The second kappa shape index (κ2) is 5.48. The van der Waals surface area contributed by atoms with Crippen molar-refractivity contribution in [3.63, 3.8) is 0 Å². The molecule has 0 atom stereocenters. The van der Waals surface area contributed by atoms with Crippen LogP contribution < -0.4 is 5.32 Å². The monoisotopic (exact) mass is 207 g/mol. The molecule has 1 saturated heterocycles. The predicted octanol–water partition coefficient (Wildman–Crippen LogP) is 1.36. The number of rotatable bonds is 5. The molecule has 0 amide bonds. The summed E-state index contributed by atoms with van der Waals surface area (Å²) in [5, 5.41) is 12.0. The van der Waals surface area contributed by atoms with Gasteiger partial charge < -0.3 is 5.32 Å². The Morgan fingerprint density at radius 3 is 2.53 bits per heavy atom. The highest BCUT2D eigenvalue weighted by Crippen LogP contribution is 2.28. The van der Waals surface area contributed by atoms with Gasteiger partial charge in [-0.15, -0.1) is 0 Å². The molecular weight excluding hydrogens is 186 g/mol. The minimum atomic E-state index is 0.696. The van der Waals surface area contributed by atoms with Crippen LogP contribution in [0.4, 0.5) is 0 Å². The van der Waals surface area contributed by atoms with Gasteiger partial charge in [0.15, 0.2) is 0 Å². The molecule has 1 N–H and O–H groups in total. The predicted molar refractivity (Wildman–Crippen MR) is 60.4 cm³/mol. The number of hydrogen-bond acceptors (Lipinski definition) is 3. The van der Waals surface area contributed by atoms with E-state index in [1.54, 1.807) is 0 Å². The third-order valence-electron chi connectivity index (χ3n) is 3.53. The first-order valence-corrected chi connectivity index (χ1v) is 6.22. The lowest BCUT2D eigenvalue weighted by Crippen LogP contribution is -2.37. The van der Waals surface area contributed by atoms with Gasteiger partial charge >= 0.3 is 0 Å². The van der Waals surface area contributed by atoms with Crippen LogP contribution >= 0.6 is 0 Å². The molecular formula is C12H21N3. The van der Waals surface area contributed by atoms with Crippen LogP contribution in [0, 0.1) is 17.2 Å². The average molecular weight is 207 g/mol. The van der Waals surface area contributed by atoms with Crippen LogP contribution in [0.3, 0.4) is 0 Å². The van der Waals surface area contributed by atoms with Gasteiger partial charge in [0.05, 0.1) is 6.07 Å². The van der Waals surface area contributed by atoms with E-state index in [2.05, 4.69) is 16.3 Å². The molecule has 0 aromatic carbocycles. The van der Waals surface area contributed by atoms with E-state index in [0.29, 0.717) is 6.42 Å². The highest BCUT2D eigenvalue weighted by molar-refractivity contribution is 4.88. The zero-order valence-electron chi connectivity index (χ0n) is 9.41. The Bertz CT molecular complexity index is 224. The van der Waals surface area contributed by atoms with Crippen LogP contribution in [-0.2, 0) is 0 Å². The van der Waals surface area contributed by atoms with Crippen molar-refractivity contribution in [1.82, 2.24) is 10.2 Å². The van der Waals surface area contributed by atoms with E-state index < -0.39 is 0 Å². The highest BCUT2D eigenvalue weighted by atomic mass is 15.2. The van der Waals surface area contributed by atoms with E-state index in [1.165, 1.54) is 45.3 Å². The van der Waals surface area contributed by atoms with Crippen LogP contribution in [-0.4, -0.2) is 37.1 Å². The van der Waals surface area contributed by atoms with Crippen molar-refractivity contribution in [2.45, 2.75) is 38.1 Å². The topological polar surface area (TPSA) is 39.1 Å². The molecule has 1 aliphatic heterocycles. The van der Waals surface area contributed by atoms with Crippen molar-refractivity contribution >= 4 is 0 Å². The Morgan fingerprint density at radius 1 is 1.20 bits per heavy atom. The van der Waals surface area contributed by atoms with Crippen LogP contribution in [0.2, 0.25) is 0 Å². The van der Waals surface area contributed by atoms with Gasteiger partial charge in [-0.3, -0.25) is 4.90 Å². The summed E-state index contributed by atoms with van der Waals surface area (Å²) in [4.78, 5) is 2.55. The summed E-state index contributed by atoms with van der Waals surface area (Å²) in [6, 6.07) is 3.08. The molecule has 0 spiro atoms. The summed E-state index contributed by atoms with van der Waals surface area (Å²) >= 11 is 0. The first-order chi connectivity index (χ1) is 7.40. The number of nitrogens with zero attached hydrogens (tertiary/aromatic N) is 2. The second-order valence-electron chi connectivity index (χ2n) is 4.83. The molecule has 2 rings (SSSR count). The van der Waals surface area contributed by atoms with E-state index in [4.69, 9.17) is 5.26 Å². The second-order valence-corrected chi connectivity index (χ2v) is 4.83. The van der Waals surface area contributed by atoms with E-state index in [-0.39, 0.29) is 0 Å². The number of nitrogens with one attached hydrogen (secondary N) is 1. The third-order valence-corrected chi connectivity index (χ3v) is 3.53. The first-order valence-electron chi connectivity index (χ1n) is 6.22. The van der Waals surface area contributed by atoms with Crippen LogP contribution in [0.5, 0.6) is 0 Å². The highest BCUT2D eigenvalue weighted by Gasteiger charge is 2.30. The molecule has 1 heterocycles. The van der Waals surface area contributed by atoms with Gasteiger partial charge in [-0.2, -0.15) is 5.26 Å².